The molecule has 0 spiro atoms. The lowest BCUT2D eigenvalue weighted by atomic mass is 9.96. The molecule has 1 aliphatic rings. The molecule has 0 atom stereocenters. The van der Waals surface area contributed by atoms with Crippen molar-refractivity contribution in [1.82, 2.24) is 20.3 Å². The van der Waals surface area contributed by atoms with Gasteiger partial charge in [0.2, 0.25) is 23.8 Å². The first-order valence-electron chi connectivity index (χ1n) is 15.0. The number of nitrogens with one attached hydrogen (secondary N) is 4. The van der Waals surface area contributed by atoms with Crippen LogP contribution < -0.4 is 31.7 Å². The SMILES string of the molecule is COc1cccc(CNc2nc(Nc3ccc(CC(=O)NCCOCCOCCN)cc3)nc(NC3CCCCC3)n2)c1. The van der Waals surface area contributed by atoms with Crippen molar-refractivity contribution in [2.24, 2.45) is 5.73 Å². The quantitative estimate of drug-likeness (QED) is 0.137. The van der Waals surface area contributed by atoms with Crippen LogP contribution in [0.3, 0.4) is 0 Å². The van der Waals surface area contributed by atoms with Gasteiger partial charge in [-0.15, -0.1) is 0 Å². The lowest BCUT2D eigenvalue weighted by molar-refractivity contribution is -0.120. The summed E-state index contributed by atoms with van der Waals surface area (Å²) in [5, 5.41) is 13.0. The van der Waals surface area contributed by atoms with Gasteiger partial charge < -0.3 is 41.2 Å². The predicted octanol–water partition coefficient (Wildman–Crippen LogP) is 3.63. The highest BCUT2D eigenvalue weighted by molar-refractivity contribution is 5.78. The minimum atomic E-state index is -0.0636. The smallest absolute Gasteiger partial charge is 0.233 e. The van der Waals surface area contributed by atoms with Gasteiger partial charge in [0, 0.05) is 31.4 Å². The molecular weight excluding hydrogens is 548 g/mol. The molecule has 3 aromatic rings. The lowest BCUT2D eigenvalue weighted by Crippen LogP contribution is -2.29. The largest absolute Gasteiger partial charge is 0.497 e. The Bertz CT molecular complexity index is 1250. The molecule has 12 nitrogen and oxygen atoms in total. The van der Waals surface area contributed by atoms with Gasteiger partial charge in [0.05, 0.1) is 40.0 Å². The van der Waals surface area contributed by atoms with Crippen LogP contribution in [-0.2, 0) is 27.2 Å². The van der Waals surface area contributed by atoms with E-state index in [1.54, 1.807) is 7.11 Å². The van der Waals surface area contributed by atoms with Crippen LogP contribution in [0.4, 0.5) is 23.5 Å². The van der Waals surface area contributed by atoms with Gasteiger partial charge in [-0.25, -0.2) is 0 Å². The molecule has 1 aromatic heterocycles. The number of ether oxygens (including phenoxy) is 3. The Morgan fingerprint density at radius 3 is 2.40 bits per heavy atom. The summed E-state index contributed by atoms with van der Waals surface area (Å²) in [6.07, 6.45) is 6.17. The molecule has 1 heterocycles. The fourth-order valence-corrected chi connectivity index (χ4v) is 4.72. The normalized spacial score (nSPS) is 13.3. The van der Waals surface area contributed by atoms with Gasteiger partial charge in [-0.1, -0.05) is 43.5 Å². The third-order valence-corrected chi connectivity index (χ3v) is 6.94. The van der Waals surface area contributed by atoms with Crippen molar-refractivity contribution in [3.63, 3.8) is 0 Å². The Labute approximate surface area is 253 Å². The summed E-state index contributed by atoms with van der Waals surface area (Å²) in [5.41, 5.74) is 8.13. The van der Waals surface area contributed by atoms with E-state index in [4.69, 9.17) is 19.9 Å². The van der Waals surface area contributed by atoms with Crippen molar-refractivity contribution in [1.29, 1.82) is 0 Å². The third-order valence-electron chi connectivity index (χ3n) is 6.94. The third kappa shape index (κ3) is 11.7. The number of anilines is 4. The molecule has 2 aromatic carbocycles. The van der Waals surface area contributed by atoms with Crippen LogP contribution in [0.2, 0.25) is 0 Å². The lowest BCUT2D eigenvalue weighted by Gasteiger charge is -2.23. The number of amides is 1. The zero-order valence-corrected chi connectivity index (χ0v) is 24.9. The number of carbonyl (C=O) groups is 1. The summed E-state index contributed by atoms with van der Waals surface area (Å²) < 4.78 is 16.0. The molecule has 1 aliphatic carbocycles. The summed E-state index contributed by atoms with van der Waals surface area (Å²) >= 11 is 0. The van der Waals surface area contributed by atoms with E-state index in [0.717, 1.165) is 35.4 Å². The van der Waals surface area contributed by atoms with E-state index in [9.17, 15) is 4.79 Å². The molecule has 0 aliphatic heterocycles. The number of nitrogens with two attached hydrogens (primary N) is 1. The summed E-state index contributed by atoms with van der Waals surface area (Å²) in [6, 6.07) is 15.9. The van der Waals surface area contributed by atoms with Crippen LogP contribution in [-0.4, -0.2) is 73.5 Å². The molecule has 6 N–H and O–H groups in total. The van der Waals surface area contributed by atoms with Crippen LogP contribution in [0.15, 0.2) is 48.5 Å². The molecule has 43 heavy (non-hydrogen) atoms. The van der Waals surface area contributed by atoms with Crippen molar-refractivity contribution in [3.8, 4) is 5.75 Å². The molecule has 1 fully saturated rings. The highest BCUT2D eigenvalue weighted by Gasteiger charge is 2.16. The van der Waals surface area contributed by atoms with E-state index in [-0.39, 0.29) is 12.3 Å². The number of hydrogen-bond acceptors (Lipinski definition) is 11. The maximum absolute atomic E-state index is 12.3. The van der Waals surface area contributed by atoms with Crippen molar-refractivity contribution < 1.29 is 19.0 Å². The maximum Gasteiger partial charge on any atom is 0.233 e. The molecule has 0 unspecified atom stereocenters. The number of nitrogens with zero attached hydrogens (tertiary/aromatic N) is 3. The Kier molecular flexibility index (Phi) is 13.2. The summed E-state index contributed by atoms with van der Waals surface area (Å²) in [7, 11) is 1.65. The van der Waals surface area contributed by atoms with Crippen LogP contribution in [0.1, 0.15) is 43.2 Å². The second kappa shape index (κ2) is 17.8. The Balaban J connectivity index is 1.32. The molecule has 0 radical (unpaired) electrons. The highest BCUT2D eigenvalue weighted by Crippen LogP contribution is 2.23. The first-order valence-corrected chi connectivity index (χ1v) is 15.0. The fourth-order valence-electron chi connectivity index (χ4n) is 4.72. The topological polar surface area (TPSA) is 158 Å². The van der Waals surface area contributed by atoms with Crippen LogP contribution in [0.25, 0.3) is 0 Å². The molecule has 4 rings (SSSR count). The number of rotatable bonds is 18. The fraction of sp³-hybridized carbons (Fsp3) is 0.484. The Morgan fingerprint density at radius 2 is 1.63 bits per heavy atom. The number of carbonyl (C=O) groups excluding carboxylic acids is 1. The molecule has 232 valence electrons. The standard InChI is InChI=1S/C31H44N8O4/c1-41-27-9-5-6-24(20-27)22-34-29-37-30(35-25-7-3-2-4-8-25)39-31(38-29)36-26-12-10-23(11-13-26)21-28(40)33-15-17-43-19-18-42-16-14-32/h5-6,9-13,20,25H,2-4,7-8,14-19,21-22,32H2,1H3,(H,33,40)(H3,34,35,36,37,38,39). The number of hydrogen-bond donors (Lipinski definition) is 5. The zero-order valence-electron chi connectivity index (χ0n) is 24.9. The van der Waals surface area contributed by atoms with Gasteiger partial charge in [0.15, 0.2) is 0 Å². The van der Waals surface area contributed by atoms with Crippen molar-refractivity contribution in [2.45, 2.75) is 51.1 Å². The molecule has 0 saturated heterocycles. The highest BCUT2D eigenvalue weighted by atomic mass is 16.5. The number of methoxy groups -OCH3 is 1. The van der Waals surface area contributed by atoms with Gasteiger partial charge in [-0.3, -0.25) is 4.79 Å². The van der Waals surface area contributed by atoms with Gasteiger partial charge in [-0.2, -0.15) is 15.0 Å². The molecular formula is C31H44N8O4. The molecule has 1 saturated carbocycles. The van der Waals surface area contributed by atoms with E-state index >= 15 is 0 Å². The van der Waals surface area contributed by atoms with Gasteiger partial charge >= 0.3 is 0 Å². The van der Waals surface area contributed by atoms with Crippen molar-refractivity contribution >= 4 is 29.4 Å². The summed E-state index contributed by atoms with van der Waals surface area (Å²) in [5.74, 6) is 2.18. The summed E-state index contributed by atoms with van der Waals surface area (Å²) in [4.78, 5) is 26.2. The molecule has 0 bridgehead atoms. The second-order valence-electron chi connectivity index (χ2n) is 10.4. The van der Waals surface area contributed by atoms with E-state index < -0.39 is 0 Å². The van der Waals surface area contributed by atoms with Gasteiger partial charge in [0.1, 0.15) is 5.75 Å². The predicted molar refractivity (Wildman–Crippen MR) is 168 cm³/mol. The monoisotopic (exact) mass is 592 g/mol. The van der Waals surface area contributed by atoms with Crippen molar-refractivity contribution in [3.05, 3.63) is 59.7 Å². The van der Waals surface area contributed by atoms with Gasteiger partial charge in [-0.05, 0) is 48.2 Å². The van der Waals surface area contributed by atoms with E-state index in [2.05, 4.69) is 36.2 Å². The Morgan fingerprint density at radius 1 is 0.884 bits per heavy atom. The van der Waals surface area contributed by atoms with E-state index in [1.807, 2.05) is 48.5 Å². The van der Waals surface area contributed by atoms with Crippen LogP contribution >= 0.6 is 0 Å². The average Bonchev–Trinajstić information content (AvgIpc) is 3.03. The number of aromatic nitrogens is 3. The molecule has 1 amide bonds. The molecule has 12 heteroatoms. The first-order chi connectivity index (χ1) is 21.1. The average molecular weight is 593 g/mol. The minimum Gasteiger partial charge on any atom is -0.497 e. The summed E-state index contributed by atoms with van der Waals surface area (Å²) in [6.45, 7) is 3.40. The minimum absolute atomic E-state index is 0.0636. The maximum atomic E-state index is 12.3. The van der Waals surface area contributed by atoms with E-state index in [0.29, 0.717) is 69.9 Å². The first kappa shape index (κ1) is 31.9. The van der Waals surface area contributed by atoms with Crippen LogP contribution in [0, 0.1) is 0 Å². The van der Waals surface area contributed by atoms with Gasteiger partial charge in [0.25, 0.3) is 0 Å². The zero-order chi connectivity index (χ0) is 30.1. The van der Waals surface area contributed by atoms with Crippen molar-refractivity contribution in [2.75, 3.05) is 62.6 Å². The Hall–Kier alpha value is -4.00. The number of benzene rings is 2. The van der Waals surface area contributed by atoms with E-state index in [1.165, 1.54) is 19.3 Å². The second-order valence-corrected chi connectivity index (χ2v) is 10.4. The van der Waals surface area contributed by atoms with Crippen LogP contribution in [0.5, 0.6) is 5.75 Å².